The van der Waals surface area contributed by atoms with E-state index in [9.17, 15) is 4.79 Å². The average Bonchev–Trinajstić information content (AvgIpc) is 3.18. The molecule has 2 heteroatoms. The van der Waals surface area contributed by atoms with E-state index in [1.54, 1.807) is 0 Å². The third-order valence-corrected chi connectivity index (χ3v) is 5.00. The van der Waals surface area contributed by atoms with Gasteiger partial charge in [-0.25, -0.2) is 0 Å². The molecular formula is C19H14O2. The Morgan fingerprint density at radius 2 is 1.48 bits per heavy atom. The van der Waals surface area contributed by atoms with Crippen molar-refractivity contribution in [3.8, 4) is 0 Å². The topological polar surface area (TPSA) is 26.3 Å². The largest absolute Gasteiger partial charge is 0.364 e. The van der Waals surface area contributed by atoms with Crippen LogP contribution in [0.4, 0.5) is 0 Å². The first-order chi connectivity index (χ1) is 10.3. The number of rotatable bonds is 1. The van der Waals surface area contributed by atoms with Crippen molar-refractivity contribution >= 4 is 11.4 Å². The van der Waals surface area contributed by atoms with E-state index in [1.807, 2.05) is 36.4 Å². The van der Waals surface area contributed by atoms with Crippen molar-refractivity contribution in [1.29, 1.82) is 0 Å². The Morgan fingerprint density at radius 3 is 2.24 bits per heavy atom. The Hall–Kier alpha value is -2.19. The number of Topliss-reactive ketones (excluding diaryl/α,β-unsaturated/α-hetero) is 1. The second-order valence-electron chi connectivity index (χ2n) is 6.02. The normalized spacial score (nSPS) is 32.0. The van der Waals surface area contributed by atoms with Crippen molar-refractivity contribution in [1.82, 2.24) is 0 Å². The number of carbonyl (C=O) groups is 1. The summed E-state index contributed by atoms with van der Waals surface area (Å²) in [6.45, 7) is 0. The van der Waals surface area contributed by atoms with Crippen molar-refractivity contribution in [3.63, 3.8) is 0 Å². The van der Waals surface area contributed by atoms with Crippen molar-refractivity contribution in [2.45, 2.75) is 12.2 Å². The average molecular weight is 274 g/mol. The van der Waals surface area contributed by atoms with Crippen molar-refractivity contribution in [3.05, 3.63) is 77.4 Å². The summed E-state index contributed by atoms with van der Waals surface area (Å²) in [6, 6.07) is 18.3. The number of hydrogen-bond donors (Lipinski definition) is 0. The summed E-state index contributed by atoms with van der Waals surface area (Å²) in [5.41, 5.74) is 4.37. The lowest BCUT2D eigenvalue weighted by atomic mass is 9.77. The van der Waals surface area contributed by atoms with Crippen LogP contribution in [0.3, 0.4) is 0 Å². The van der Waals surface area contributed by atoms with E-state index >= 15 is 0 Å². The predicted octanol–water partition coefficient (Wildman–Crippen LogP) is 3.71. The Labute approximate surface area is 123 Å². The highest BCUT2D eigenvalue weighted by molar-refractivity contribution is 6.24. The third kappa shape index (κ3) is 1.38. The molecule has 0 aromatic heterocycles. The molecule has 2 aromatic carbocycles. The summed E-state index contributed by atoms with van der Waals surface area (Å²) >= 11 is 0. The molecular weight excluding hydrogens is 260 g/mol. The van der Waals surface area contributed by atoms with E-state index in [4.69, 9.17) is 4.74 Å². The number of allylic oxidation sites excluding steroid dienone is 1. The van der Waals surface area contributed by atoms with Crippen LogP contribution >= 0.6 is 0 Å². The van der Waals surface area contributed by atoms with Gasteiger partial charge in [-0.3, -0.25) is 4.79 Å². The molecule has 102 valence electrons. The fourth-order valence-corrected chi connectivity index (χ4v) is 4.11. The van der Waals surface area contributed by atoms with E-state index in [0.717, 1.165) is 11.1 Å². The zero-order valence-corrected chi connectivity index (χ0v) is 11.4. The number of ketones is 1. The summed E-state index contributed by atoms with van der Waals surface area (Å²) in [4.78, 5) is 12.8. The minimum absolute atomic E-state index is 0.0277. The molecule has 1 aliphatic carbocycles. The first-order valence-electron chi connectivity index (χ1n) is 7.40. The van der Waals surface area contributed by atoms with E-state index in [-0.39, 0.29) is 29.8 Å². The maximum absolute atomic E-state index is 12.8. The maximum atomic E-state index is 12.8. The van der Waals surface area contributed by atoms with E-state index in [0.29, 0.717) is 0 Å². The summed E-state index contributed by atoms with van der Waals surface area (Å²) in [7, 11) is 0. The molecule has 1 fully saturated rings. The lowest BCUT2D eigenvalue weighted by molar-refractivity contribution is -0.118. The summed E-state index contributed by atoms with van der Waals surface area (Å²) in [5, 5.41) is 0. The fourth-order valence-electron chi connectivity index (χ4n) is 4.11. The summed E-state index contributed by atoms with van der Waals surface area (Å²) < 4.78 is 6.10. The van der Waals surface area contributed by atoms with Gasteiger partial charge >= 0.3 is 0 Å². The first-order valence-corrected chi connectivity index (χ1v) is 7.40. The van der Waals surface area contributed by atoms with Crippen LogP contribution in [-0.4, -0.2) is 5.78 Å². The van der Waals surface area contributed by atoms with Gasteiger partial charge < -0.3 is 4.74 Å². The number of hydrogen-bond acceptors (Lipinski definition) is 2. The zero-order valence-electron chi connectivity index (χ0n) is 11.4. The monoisotopic (exact) mass is 274 g/mol. The molecule has 2 bridgehead atoms. The lowest BCUT2D eigenvalue weighted by Crippen LogP contribution is -2.23. The van der Waals surface area contributed by atoms with Crippen LogP contribution in [0.1, 0.15) is 28.9 Å². The van der Waals surface area contributed by atoms with Crippen LogP contribution in [-0.2, 0) is 9.53 Å². The summed E-state index contributed by atoms with van der Waals surface area (Å²) in [5.74, 6) is 0.418. The maximum Gasteiger partial charge on any atom is 0.169 e. The van der Waals surface area contributed by atoms with Gasteiger partial charge in [0.15, 0.2) is 5.78 Å². The first kappa shape index (κ1) is 11.5. The van der Waals surface area contributed by atoms with Crippen LogP contribution < -0.4 is 0 Å². The molecule has 21 heavy (non-hydrogen) atoms. The minimum atomic E-state index is -0.0545. The molecule has 0 unspecified atom stereocenters. The number of fused-ring (bicyclic) bond motifs is 8. The highest BCUT2D eigenvalue weighted by atomic mass is 16.5. The van der Waals surface area contributed by atoms with Crippen molar-refractivity contribution in [2.75, 3.05) is 0 Å². The standard InChI is InChI=1S/C19H14O2/c20-17-14(11-6-2-1-3-7-11)10-15-16(17)19-13-9-5-4-8-12(13)18(15)21-19/h1-10,15-16,18-19H/t15-,16-,18+,19-/m1/s1. The molecule has 5 rings (SSSR count). The quantitative estimate of drug-likeness (QED) is 0.792. The van der Waals surface area contributed by atoms with Crippen LogP contribution in [0.5, 0.6) is 0 Å². The smallest absolute Gasteiger partial charge is 0.169 e. The molecule has 0 amide bonds. The van der Waals surface area contributed by atoms with Crippen LogP contribution in [0.15, 0.2) is 60.7 Å². The van der Waals surface area contributed by atoms with Gasteiger partial charge in [-0.2, -0.15) is 0 Å². The predicted molar refractivity (Wildman–Crippen MR) is 79.4 cm³/mol. The Morgan fingerprint density at radius 1 is 0.810 bits per heavy atom. The van der Waals surface area contributed by atoms with Gasteiger partial charge in [-0.1, -0.05) is 60.7 Å². The highest BCUT2D eigenvalue weighted by Crippen LogP contribution is 2.61. The summed E-state index contributed by atoms with van der Waals surface area (Å²) in [6.07, 6.45) is 2.14. The molecule has 3 aliphatic rings. The number of carbonyl (C=O) groups excluding carboxylic acids is 1. The Balaban J connectivity index is 1.61. The van der Waals surface area contributed by atoms with E-state index < -0.39 is 0 Å². The number of benzene rings is 2. The minimum Gasteiger partial charge on any atom is -0.364 e. The van der Waals surface area contributed by atoms with Gasteiger partial charge in [0, 0.05) is 11.5 Å². The van der Waals surface area contributed by atoms with Crippen molar-refractivity contribution in [2.24, 2.45) is 11.8 Å². The van der Waals surface area contributed by atoms with Crippen molar-refractivity contribution < 1.29 is 9.53 Å². The molecule has 4 atom stereocenters. The Kier molecular flexibility index (Phi) is 2.14. The fraction of sp³-hybridized carbons (Fsp3) is 0.211. The van der Waals surface area contributed by atoms with Crippen LogP contribution in [0, 0.1) is 11.8 Å². The zero-order chi connectivity index (χ0) is 14.0. The molecule has 2 heterocycles. The van der Waals surface area contributed by atoms with E-state index in [2.05, 4.69) is 24.3 Å². The third-order valence-electron chi connectivity index (χ3n) is 5.00. The van der Waals surface area contributed by atoms with Gasteiger partial charge in [-0.15, -0.1) is 0 Å². The van der Waals surface area contributed by atoms with Gasteiger partial charge in [-0.05, 0) is 16.7 Å². The highest BCUT2D eigenvalue weighted by Gasteiger charge is 2.57. The lowest BCUT2D eigenvalue weighted by Gasteiger charge is -2.21. The molecule has 2 nitrogen and oxygen atoms in total. The molecule has 0 saturated carbocycles. The van der Waals surface area contributed by atoms with Crippen LogP contribution in [0.25, 0.3) is 5.57 Å². The van der Waals surface area contributed by atoms with Gasteiger partial charge in [0.25, 0.3) is 0 Å². The van der Waals surface area contributed by atoms with Crippen LogP contribution in [0.2, 0.25) is 0 Å². The van der Waals surface area contributed by atoms with Gasteiger partial charge in [0.2, 0.25) is 0 Å². The SMILES string of the molecule is O=C1C(c2ccccc2)=C[C@@H]2[C@H]1[C@@H]1O[C@H]2c2ccccc21. The van der Waals surface area contributed by atoms with Gasteiger partial charge in [0.1, 0.15) is 0 Å². The Bertz CT molecular complexity index is 775. The molecule has 1 saturated heterocycles. The molecule has 0 radical (unpaired) electrons. The second-order valence-corrected chi connectivity index (χ2v) is 6.02. The molecule has 0 spiro atoms. The number of ether oxygens (including phenoxy) is 1. The molecule has 2 aromatic rings. The van der Waals surface area contributed by atoms with E-state index in [1.165, 1.54) is 11.1 Å². The molecule has 0 N–H and O–H groups in total. The van der Waals surface area contributed by atoms with Gasteiger partial charge in [0.05, 0.1) is 18.1 Å². The molecule has 2 aliphatic heterocycles. The second kappa shape index (κ2) is 3.92.